The zero-order valence-electron chi connectivity index (χ0n) is 23.0. The number of benzene rings is 1. The fourth-order valence-corrected chi connectivity index (χ4v) is 5.64. The summed E-state index contributed by atoms with van der Waals surface area (Å²) in [5.41, 5.74) is 4.00. The average Bonchev–Trinajstić information content (AvgIpc) is 3.72. The minimum absolute atomic E-state index is 0.225. The van der Waals surface area contributed by atoms with Gasteiger partial charge in [0.05, 0.1) is 41.7 Å². The van der Waals surface area contributed by atoms with Crippen molar-refractivity contribution in [2.75, 3.05) is 30.3 Å². The number of carbonyl (C=O) groups excluding carboxylic acids is 1. The van der Waals surface area contributed by atoms with Gasteiger partial charge in [0.1, 0.15) is 5.00 Å². The van der Waals surface area contributed by atoms with E-state index in [2.05, 4.69) is 41.4 Å². The summed E-state index contributed by atoms with van der Waals surface area (Å²) in [5, 5.41) is 13.7. The molecule has 11 nitrogen and oxygen atoms in total. The molecular weight excluding hydrogens is 562 g/mol. The van der Waals surface area contributed by atoms with Crippen LogP contribution >= 0.6 is 11.5 Å². The number of rotatable bonds is 9. The molecule has 0 aliphatic carbocycles. The van der Waals surface area contributed by atoms with Crippen molar-refractivity contribution in [1.29, 1.82) is 0 Å². The van der Waals surface area contributed by atoms with Crippen LogP contribution in [0.25, 0.3) is 16.9 Å². The molecule has 1 fully saturated rings. The smallest absolute Gasteiger partial charge is 0.319 e. The van der Waals surface area contributed by atoms with Crippen LogP contribution in [-0.4, -0.2) is 59.1 Å². The summed E-state index contributed by atoms with van der Waals surface area (Å²) in [6.45, 7) is 5.63. The molecule has 5 aromatic rings. The minimum Gasteiger partial charge on any atom is -0.336 e. The number of hydrogen-bond acceptors (Lipinski definition) is 8. The number of amides is 2. The first-order chi connectivity index (χ1) is 20.4. The second-order valence-electron chi connectivity index (χ2n) is 10.2. The summed E-state index contributed by atoms with van der Waals surface area (Å²) < 4.78 is 35.4. The Labute approximate surface area is 244 Å². The molecule has 2 amide bonds. The molecule has 1 aliphatic heterocycles. The van der Waals surface area contributed by atoms with E-state index in [4.69, 9.17) is 4.98 Å². The van der Waals surface area contributed by atoms with Crippen molar-refractivity contribution in [2.24, 2.45) is 0 Å². The lowest BCUT2D eigenvalue weighted by molar-refractivity contribution is 0.219. The van der Waals surface area contributed by atoms with Gasteiger partial charge < -0.3 is 16.0 Å². The molecular formula is C28H30F2N10OS. The SMILES string of the molecule is Cc1cn2c(-c3cnn(CCNC(=O)Nc4cccc(F)c4F)c3)cnc2c(Nc2cc(CN3CCCCC3)ns2)n1. The molecule has 1 saturated heterocycles. The highest BCUT2D eigenvalue weighted by Crippen LogP contribution is 2.28. The Bertz CT molecular complexity index is 1710. The number of aromatic nitrogens is 6. The zero-order chi connectivity index (χ0) is 29.1. The van der Waals surface area contributed by atoms with E-state index in [1.165, 1.54) is 42.9 Å². The molecule has 1 aliphatic rings. The third kappa shape index (κ3) is 6.24. The molecule has 5 heterocycles. The number of anilines is 3. The van der Waals surface area contributed by atoms with Crippen LogP contribution in [0, 0.1) is 18.6 Å². The van der Waals surface area contributed by atoms with Crippen LogP contribution in [0.5, 0.6) is 0 Å². The lowest BCUT2D eigenvalue weighted by Gasteiger charge is -2.25. The van der Waals surface area contributed by atoms with Gasteiger partial charge in [-0.05, 0) is 62.6 Å². The zero-order valence-corrected chi connectivity index (χ0v) is 23.8. The fourth-order valence-electron chi connectivity index (χ4n) is 4.98. The largest absolute Gasteiger partial charge is 0.336 e. The highest BCUT2D eigenvalue weighted by molar-refractivity contribution is 7.10. The maximum Gasteiger partial charge on any atom is 0.319 e. The monoisotopic (exact) mass is 592 g/mol. The first-order valence-corrected chi connectivity index (χ1v) is 14.5. The van der Waals surface area contributed by atoms with Crippen LogP contribution in [0.1, 0.15) is 30.7 Å². The van der Waals surface area contributed by atoms with Crippen molar-refractivity contribution in [3.05, 3.63) is 72.1 Å². The minimum atomic E-state index is -1.11. The summed E-state index contributed by atoms with van der Waals surface area (Å²) >= 11 is 1.42. The van der Waals surface area contributed by atoms with Crippen molar-refractivity contribution in [1.82, 2.24) is 38.7 Å². The van der Waals surface area contributed by atoms with Crippen LogP contribution in [0.4, 0.5) is 30.1 Å². The predicted octanol–water partition coefficient (Wildman–Crippen LogP) is 5.19. The molecule has 0 saturated carbocycles. The number of aryl methyl sites for hydroxylation is 1. The Hall–Kier alpha value is -4.43. The molecule has 0 bridgehead atoms. The molecule has 4 aromatic heterocycles. The van der Waals surface area contributed by atoms with Crippen LogP contribution in [0.3, 0.4) is 0 Å². The molecule has 42 heavy (non-hydrogen) atoms. The summed E-state index contributed by atoms with van der Waals surface area (Å²) in [6.07, 6.45) is 11.1. The number of nitrogens with one attached hydrogen (secondary N) is 3. The number of halogens is 2. The van der Waals surface area contributed by atoms with E-state index in [9.17, 15) is 13.6 Å². The van der Waals surface area contributed by atoms with Gasteiger partial charge in [-0.3, -0.25) is 14.0 Å². The quantitative estimate of drug-likeness (QED) is 0.216. The Morgan fingerprint density at radius 2 is 1.98 bits per heavy atom. The molecule has 0 unspecified atom stereocenters. The Balaban J connectivity index is 1.10. The van der Waals surface area contributed by atoms with Crippen LogP contribution in [-0.2, 0) is 13.1 Å². The summed E-state index contributed by atoms with van der Waals surface area (Å²) in [6, 6.07) is 5.03. The first-order valence-electron chi connectivity index (χ1n) is 13.7. The van der Waals surface area contributed by atoms with Crippen molar-refractivity contribution in [2.45, 2.75) is 39.3 Å². The van der Waals surface area contributed by atoms with Crippen molar-refractivity contribution in [3.63, 3.8) is 0 Å². The van der Waals surface area contributed by atoms with Gasteiger partial charge in [-0.2, -0.15) is 9.47 Å². The number of imidazole rings is 1. The standard InChI is InChI=1S/C28H30F2N10OS/c1-18-15-40-23(19-13-33-39(16-19)11-8-31-28(41)35-22-7-5-6-21(29)25(22)30)14-32-27(40)26(34-18)36-24-12-20(37-42-24)17-38-9-3-2-4-10-38/h5-7,12-16H,2-4,8-11,17H2,1H3,(H,34,36)(H2,31,35,41). The summed E-state index contributed by atoms with van der Waals surface area (Å²) in [4.78, 5) is 23.9. The molecule has 1 aromatic carbocycles. The topological polar surface area (TPSA) is 117 Å². The van der Waals surface area contributed by atoms with E-state index in [-0.39, 0.29) is 12.2 Å². The molecule has 218 valence electrons. The van der Waals surface area contributed by atoms with Crippen molar-refractivity contribution in [3.8, 4) is 11.3 Å². The fraction of sp³-hybridized carbons (Fsp3) is 0.321. The number of likely N-dealkylation sites (tertiary alicyclic amines) is 1. The lowest BCUT2D eigenvalue weighted by atomic mass is 10.1. The van der Waals surface area contributed by atoms with Crippen molar-refractivity contribution >= 4 is 39.7 Å². The van der Waals surface area contributed by atoms with E-state index in [1.54, 1.807) is 17.1 Å². The average molecular weight is 593 g/mol. The third-order valence-corrected chi connectivity index (χ3v) is 7.75. The van der Waals surface area contributed by atoms with Gasteiger partial charge in [0.2, 0.25) is 0 Å². The predicted molar refractivity (Wildman–Crippen MR) is 157 cm³/mol. The highest BCUT2D eigenvalue weighted by Gasteiger charge is 2.16. The number of hydrogen-bond donors (Lipinski definition) is 3. The van der Waals surface area contributed by atoms with Crippen LogP contribution in [0.2, 0.25) is 0 Å². The maximum absolute atomic E-state index is 13.8. The van der Waals surface area contributed by atoms with Crippen LogP contribution in [0.15, 0.2) is 49.1 Å². The molecule has 0 radical (unpaired) electrons. The van der Waals surface area contributed by atoms with Gasteiger partial charge >= 0.3 is 6.03 Å². The van der Waals surface area contributed by atoms with Gasteiger partial charge in [-0.25, -0.2) is 23.5 Å². The van der Waals surface area contributed by atoms with Gasteiger partial charge in [0.25, 0.3) is 0 Å². The van der Waals surface area contributed by atoms with E-state index in [0.717, 1.165) is 53.3 Å². The number of fused-ring (bicyclic) bond motifs is 1. The molecule has 0 atom stereocenters. The van der Waals surface area contributed by atoms with Gasteiger partial charge in [-0.1, -0.05) is 12.5 Å². The maximum atomic E-state index is 13.8. The molecule has 0 spiro atoms. The van der Waals surface area contributed by atoms with E-state index >= 15 is 0 Å². The second kappa shape index (κ2) is 12.2. The Morgan fingerprint density at radius 3 is 2.83 bits per heavy atom. The van der Waals surface area contributed by atoms with Crippen LogP contribution < -0.4 is 16.0 Å². The number of carbonyl (C=O) groups is 1. The summed E-state index contributed by atoms with van der Waals surface area (Å²) in [7, 11) is 0. The lowest BCUT2D eigenvalue weighted by Crippen LogP contribution is -2.31. The molecule has 3 N–H and O–H groups in total. The number of urea groups is 1. The molecule has 14 heteroatoms. The van der Waals surface area contributed by atoms with Gasteiger partial charge in [0.15, 0.2) is 23.1 Å². The number of piperidine rings is 1. The van der Waals surface area contributed by atoms with E-state index in [1.807, 2.05) is 23.7 Å². The van der Waals surface area contributed by atoms with Gasteiger partial charge in [-0.15, -0.1) is 0 Å². The highest BCUT2D eigenvalue weighted by atomic mass is 32.1. The van der Waals surface area contributed by atoms with E-state index in [0.29, 0.717) is 18.0 Å². The molecule has 6 rings (SSSR count). The number of nitrogens with zero attached hydrogens (tertiary/aromatic N) is 7. The van der Waals surface area contributed by atoms with Gasteiger partial charge in [0, 0.05) is 31.0 Å². The first kappa shape index (κ1) is 27.7. The normalized spacial score (nSPS) is 13.9. The second-order valence-corrected chi connectivity index (χ2v) is 11.0. The Morgan fingerprint density at radius 1 is 1.12 bits per heavy atom. The Kier molecular flexibility index (Phi) is 8.06. The van der Waals surface area contributed by atoms with E-state index < -0.39 is 17.7 Å². The van der Waals surface area contributed by atoms with Crippen molar-refractivity contribution < 1.29 is 13.6 Å². The summed E-state index contributed by atoms with van der Waals surface area (Å²) in [5.74, 6) is -1.49. The third-order valence-electron chi connectivity index (χ3n) is 7.00.